The minimum Gasteiger partial charge on any atom is -0.354 e. The molecular formula is C16H25N3O. The highest BCUT2D eigenvalue weighted by Crippen LogP contribution is 2.18. The number of rotatable bonds is 4. The molecule has 0 aliphatic carbocycles. The monoisotopic (exact) mass is 275 g/mol. The molecule has 0 atom stereocenters. The minimum atomic E-state index is -0.213. The smallest absolute Gasteiger partial charge is 0.139 e. The van der Waals surface area contributed by atoms with E-state index in [9.17, 15) is 4.79 Å². The van der Waals surface area contributed by atoms with E-state index in [1.807, 2.05) is 39.1 Å². The summed E-state index contributed by atoms with van der Waals surface area (Å²) in [5, 5.41) is 0. The number of nitrogens with zero attached hydrogens (tertiary/aromatic N) is 3. The lowest BCUT2D eigenvalue weighted by molar-refractivity contribution is -0.126. The van der Waals surface area contributed by atoms with Crippen molar-refractivity contribution in [3.8, 4) is 0 Å². The lowest BCUT2D eigenvalue weighted by Crippen LogP contribution is -2.47. The number of hydrogen-bond acceptors (Lipinski definition) is 4. The molecular weight excluding hydrogens is 250 g/mol. The van der Waals surface area contributed by atoms with Gasteiger partial charge in [0, 0.05) is 50.8 Å². The van der Waals surface area contributed by atoms with E-state index in [0.29, 0.717) is 12.2 Å². The molecule has 0 amide bonds. The summed E-state index contributed by atoms with van der Waals surface area (Å²) in [5.41, 5.74) is -0.213. The van der Waals surface area contributed by atoms with E-state index < -0.39 is 0 Å². The molecule has 0 bridgehead atoms. The molecule has 110 valence electrons. The van der Waals surface area contributed by atoms with Crippen molar-refractivity contribution in [2.24, 2.45) is 5.41 Å². The lowest BCUT2D eigenvalue weighted by atomic mass is 9.89. The standard InChI is InChI=1S/C16H25N3O/c1-16(2,3)14(20)7-9-18-10-12-19(13-11-18)15-6-4-5-8-17-15/h4-6,8H,7,9-13H2,1-3H3. The summed E-state index contributed by atoms with van der Waals surface area (Å²) in [5.74, 6) is 1.41. The first-order valence-corrected chi connectivity index (χ1v) is 7.38. The van der Waals surface area contributed by atoms with Crippen molar-refractivity contribution in [1.82, 2.24) is 9.88 Å². The largest absolute Gasteiger partial charge is 0.354 e. The Kier molecular flexibility index (Phi) is 4.76. The Morgan fingerprint density at radius 2 is 1.90 bits per heavy atom. The third-order valence-electron chi connectivity index (χ3n) is 3.84. The van der Waals surface area contributed by atoms with Crippen LogP contribution in [0.4, 0.5) is 5.82 Å². The van der Waals surface area contributed by atoms with Gasteiger partial charge in [-0.1, -0.05) is 26.8 Å². The summed E-state index contributed by atoms with van der Waals surface area (Å²) in [4.78, 5) is 21.0. The minimum absolute atomic E-state index is 0.213. The molecule has 1 fully saturated rings. The predicted octanol–water partition coefficient (Wildman–Crippen LogP) is 2.21. The molecule has 1 aromatic heterocycles. The fourth-order valence-corrected chi connectivity index (χ4v) is 2.38. The molecule has 0 radical (unpaired) electrons. The maximum atomic E-state index is 11.9. The van der Waals surface area contributed by atoms with E-state index in [1.165, 1.54) is 0 Å². The van der Waals surface area contributed by atoms with Crippen LogP contribution in [0.1, 0.15) is 27.2 Å². The highest BCUT2D eigenvalue weighted by atomic mass is 16.1. The van der Waals surface area contributed by atoms with Gasteiger partial charge in [-0.05, 0) is 12.1 Å². The summed E-state index contributed by atoms with van der Waals surface area (Å²) < 4.78 is 0. The normalized spacial score (nSPS) is 17.2. The predicted molar refractivity (Wildman–Crippen MR) is 82.0 cm³/mol. The van der Waals surface area contributed by atoms with Gasteiger partial charge in [0.15, 0.2) is 0 Å². The van der Waals surface area contributed by atoms with E-state index in [1.54, 1.807) is 0 Å². The zero-order valence-electron chi connectivity index (χ0n) is 12.8. The molecule has 20 heavy (non-hydrogen) atoms. The van der Waals surface area contributed by atoms with E-state index in [2.05, 4.69) is 20.9 Å². The zero-order valence-corrected chi connectivity index (χ0v) is 12.8. The van der Waals surface area contributed by atoms with Gasteiger partial charge in [-0.3, -0.25) is 9.69 Å². The molecule has 1 aliphatic rings. The Balaban J connectivity index is 1.76. The first-order chi connectivity index (χ1) is 9.47. The number of aromatic nitrogens is 1. The SMILES string of the molecule is CC(C)(C)C(=O)CCN1CCN(c2ccccn2)CC1. The third kappa shape index (κ3) is 4.04. The van der Waals surface area contributed by atoms with Crippen molar-refractivity contribution < 1.29 is 4.79 Å². The Labute approximate surface area is 121 Å². The maximum Gasteiger partial charge on any atom is 0.139 e. The molecule has 2 heterocycles. The van der Waals surface area contributed by atoms with Gasteiger partial charge in [-0.2, -0.15) is 0 Å². The van der Waals surface area contributed by atoms with Gasteiger partial charge in [-0.15, -0.1) is 0 Å². The zero-order chi connectivity index (χ0) is 14.6. The summed E-state index contributed by atoms with van der Waals surface area (Å²) in [6.07, 6.45) is 2.50. The first kappa shape index (κ1) is 15.0. The average molecular weight is 275 g/mol. The van der Waals surface area contributed by atoms with Crippen LogP contribution in [0.15, 0.2) is 24.4 Å². The Morgan fingerprint density at radius 1 is 1.20 bits per heavy atom. The molecule has 0 spiro atoms. The van der Waals surface area contributed by atoms with Gasteiger partial charge >= 0.3 is 0 Å². The van der Waals surface area contributed by atoms with E-state index in [-0.39, 0.29) is 5.41 Å². The number of piperazine rings is 1. The van der Waals surface area contributed by atoms with Crippen LogP contribution < -0.4 is 4.90 Å². The summed E-state index contributed by atoms with van der Waals surface area (Å²) in [7, 11) is 0. The molecule has 1 aromatic rings. The summed E-state index contributed by atoms with van der Waals surface area (Å²) >= 11 is 0. The first-order valence-electron chi connectivity index (χ1n) is 7.38. The molecule has 1 saturated heterocycles. The van der Waals surface area contributed by atoms with Gasteiger partial charge in [0.05, 0.1) is 0 Å². The van der Waals surface area contributed by atoms with E-state index >= 15 is 0 Å². The lowest BCUT2D eigenvalue weighted by Gasteiger charge is -2.35. The van der Waals surface area contributed by atoms with Crippen molar-refractivity contribution in [2.45, 2.75) is 27.2 Å². The number of hydrogen-bond donors (Lipinski definition) is 0. The van der Waals surface area contributed by atoms with Gasteiger partial charge < -0.3 is 4.90 Å². The topological polar surface area (TPSA) is 36.4 Å². The van der Waals surface area contributed by atoms with Gasteiger partial charge in [-0.25, -0.2) is 4.98 Å². The Morgan fingerprint density at radius 3 is 2.45 bits per heavy atom. The molecule has 0 N–H and O–H groups in total. The van der Waals surface area contributed by atoms with Crippen LogP contribution in [-0.2, 0) is 4.79 Å². The molecule has 0 unspecified atom stereocenters. The van der Waals surface area contributed by atoms with Gasteiger partial charge in [0.25, 0.3) is 0 Å². The number of carbonyl (C=O) groups is 1. The third-order valence-corrected chi connectivity index (χ3v) is 3.84. The van der Waals surface area contributed by atoms with E-state index in [0.717, 1.165) is 38.5 Å². The van der Waals surface area contributed by atoms with Crippen molar-refractivity contribution in [3.63, 3.8) is 0 Å². The average Bonchev–Trinajstić information content (AvgIpc) is 2.45. The van der Waals surface area contributed by atoms with Crippen LogP contribution >= 0.6 is 0 Å². The number of anilines is 1. The fourth-order valence-electron chi connectivity index (χ4n) is 2.38. The second-order valence-electron chi connectivity index (χ2n) is 6.44. The number of Topliss-reactive ketones (excluding diaryl/α,β-unsaturated/α-hetero) is 1. The molecule has 1 aliphatic heterocycles. The molecule has 0 saturated carbocycles. The number of carbonyl (C=O) groups excluding carboxylic acids is 1. The second kappa shape index (κ2) is 6.35. The number of ketones is 1. The molecule has 4 nitrogen and oxygen atoms in total. The quantitative estimate of drug-likeness (QED) is 0.844. The Bertz CT molecular complexity index is 431. The van der Waals surface area contributed by atoms with Crippen molar-refractivity contribution in [2.75, 3.05) is 37.6 Å². The van der Waals surface area contributed by atoms with Crippen LogP contribution in [0.2, 0.25) is 0 Å². The van der Waals surface area contributed by atoms with Crippen molar-refractivity contribution in [3.05, 3.63) is 24.4 Å². The van der Waals surface area contributed by atoms with Crippen molar-refractivity contribution >= 4 is 11.6 Å². The highest BCUT2D eigenvalue weighted by Gasteiger charge is 2.23. The summed E-state index contributed by atoms with van der Waals surface area (Å²) in [6.45, 7) is 10.9. The van der Waals surface area contributed by atoms with Crippen LogP contribution in [0.25, 0.3) is 0 Å². The van der Waals surface area contributed by atoms with Gasteiger partial charge in [0.2, 0.25) is 0 Å². The Hall–Kier alpha value is -1.42. The van der Waals surface area contributed by atoms with E-state index in [4.69, 9.17) is 0 Å². The molecule has 2 rings (SSSR count). The summed E-state index contributed by atoms with van der Waals surface area (Å²) in [6, 6.07) is 6.02. The van der Waals surface area contributed by atoms with Gasteiger partial charge in [0.1, 0.15) is 11.6 Å². The fraction of sp³-hybridized carbons (Fsp3) is 0.625. The maximum absolute atomic E-state index is 11.9. The van der Waals surface area contributed by atoms with Crippen LogP contribution in [0.3, 0.4) is 0 Å². The molecule has 4 heteroatoms. The highest BCUT2D eigenvalue weighted by molar-refractivity contribution is 5.83. The van der Waals surface area contributed by atoms with Crippen LogP contribution in [0.5, 0.6) is 0 Å². The molecule has 0 aromatic carbocycles. The van der Waals surface area contributed by atoms with Crippen LogP contribution in [0, 0.1) is 5.41 Å². The van der Waals surface area contributed by atoms with Crippen LogP contribution in [-0.4, -0.2) is 48.4 Å². The van der Waals surface area contributed by atoms with Crippen molar-refractivity contribution in [1.29, 1.82) is 0 Å². The number of pyridine rings is 1. The second-order valence-corrected chi connectivity index (χ2v) is 6.44.